The summed E-state index contributed by atoms with van der Waals surface area (Å²) in [5.41, 5.74) is 1.57. The highest BCUT2D eigenvalue weighted by Gasteiger charge is 2.20. The van der Waals surface area contributed by atoms with Crippen LogP contribution in [0.25, 0.3) is 16.5 Å². The van der Waals surface area contributed by atoms with E-state index in [2.05, 4.69) is 10.2 Å². The highest BCUT2D eigenvalue weighted by molar-refractivity contribution is 7.92. The number of urea groups is 1. The molecule has 1 aliphatic rings. The maximum atomic E-state index is 13.2. The standard InChI is InChI=1S/C24H20Cl2N4O4S2/c25-19-14-16(27-24(32)28-36(33,34)22-8-7-21(26)35-22)3-6-20(19)30-12-9-15-13-17(29-10-1-2-11-29)4-5-18(15)23(30)31/h3-9,12-14H,1-2,10-11H2,(H2,27,28,32). The number of carbonyl (C=O) groups is 1. The third-order valence-electron chi connectivity index (χ3n) is 5.86. The molecule has 2 amide bonds. The number of fused-ring (bicyclic) bond motifs is 1. The van der Waals surface area contributed by atoms with Gasteiger partial charge in [0.05, 0.1) is 15.0 Å². The summed E-state index contributed by atoms with van der Waals surface area (Å²) in [6, 6.07) is 14.0. The molecule has 2 aromatic carbocycles. The van der Waals surface area contributed by atoms with E-state index < -0.39 is 16.1 Å². The lowest BCUT2D eigenvalue weighted by molar-refractivity contribution is 0.256. The molecule has 3 heterocycles. The van der Waals surface area contributed by atoms with Crippen molar-refractivity contribution in [2.45, 2.75) is 17.1 Å². The van der Waals surface area contributed by atoms with E-state index in [4.69, 9.17) is 23.2 Å². The van der Waals surface area contributed by atoms with Crippen LogP contribution in [0.3, 0.4) is 0 Å². The van der Waals surface area contributed by atoms with E-state index in [1.165, 1.54) is 41.7 Å². The molecular weight excluding hydrogens is 543 g/mol. The molecule has 0 atom stereocenters. The van der Waals surface area contributed by atoms with E-state index >= 15 is 0 Å². The smallest absolute Gasteiger partial charge is 0.333 e. The fourth-order valence-electron chi connectivity index (χ4n) is 4.15. The predicted octanol–water partition coefficient (Wildman–Crippen LogP) is 5.47. The Morgan fingerprint density at radius 3 is 2.44 bits per heavy atom. The summed E-state index contributed by atoms with van der Waals surface area (Å²) < 4.78 is 28.2. The van der Waals surface area contributed by atoms with Crippen molar-refractivity contribution in [1.29, 1.82) is 0 Å². The van der Waals surface area contributed by atoms with Gasteiger partial charge in [-0.15, -0.1) is 11.3 Å². The van der Waals surface area contributed by atoms with Gasteiger partial charge in [-0.1, -0.05) is 23.2 Å². The minimum absolute atomic E-state index is 0.0840. The zero-order valence-electron chi connectivity index (χ0n) is 18.7. The van der Waals surface area contributed by atoms with Gasteiger partial charge in [-0.3, -0.25) is 9.36 Å². The van der Waals surface area contributed by atoms with E-state index in [0.29, 0.717) is 11.1 Å². The van der Waals surface area contributed by atoms with E-state index in [9.17, 15) is 18.0 Å². The molecule has 0 spiro atoms. The number of halogens is 2. The minimum Gasteiger partial charge on any atom is -0.372 e. The van der Waals surface area contributed by atoms with Crippen LogP contribution in [0.4, 0.5) is 16.2 Å². The summed E-state index contributed by atoms with van der Waals surface area (Å²) in [5, 5.41) is 4.06. The van der Waals surface area contributed by atoms with Gasteiger partial charge in [0.1, 0.15) is 4.21 Å². The minimum atomic E-state index is -4.06. The number of amides is 2. The Kier molecular flexibility index (Phi) is 6.69. The molecule has 0 bridgehead atoms. The van der Waals surface area contributed by atoms with Crippen LogP contribution < -0.4 is 20.5 Å². The molecule has 0 aliphatic carbocycles. The molecule has 12 heteroatoms. The normalized spacial score (nSPS) is 13.8. The zero-order valence-corrected chi connectivity index (χ0v) is 21.8. The molecule has 1 aliphatic heterocycles. The van der Waals surface area contributed by atoms with Gasteiger partial charge in [0.15, 0.2) is 0 Å². The molecule has 186 valence electrons. The Hall–Kier alpha value is -3.05. The predicted molar refractivity (Wildman–Crippen MR) is 145 cm³/mol. The van der Waals surface area contributed by atoms with Gasteiger partial charge in [-0.05, 0) is 72.8 Å². The van der Waals surface area contributed by atoms with Crippen LogP contribution in [0.1, 0.15) is 12.8 Å². The van der Waals surface area contributed by atoms with Crippen LogP contribution in [0, 0.1) is 0 Å². The quantitative estimate of drug-likeness (QED) is 0.336. The Balaban J connectivity index is 1.36. The number of aromatic nitrogens is 1. The number of rotatable bonds is 5. The average molecular weight is 563 g/mol. The van der Waals surface area contributed by atoms with Gasteiger partial charge < -0.3 is 10.2 Å². The van der Waals surface area contributed by atoms with Gasteiger partial charge >= 0.3 is 6.03 Å². The van der Waals surface area contributed by atoms with Crippen molar-refractivity contribution in [3.8, 4) is 5.69 Å². The zero-order chi connectivity index (χ0) is 25.4. The molecule has 1 saturated heterocycles. The van der Waals surface area contributed by atoms with Crippen molar-refractivity contribution >= 4 is 72.7 Å². The molecule has 0 unspecified atom stereocenters. The van der Waals surface area contributed by atoms with Crippen LogP contribution in [-0.4, -0.2) is 32.1 Å². The van der Waals surface area contributed by atoms with Crippen LogP contribution in [0.5, 0.6) is 0 Å². The molecule has 2 N–H and O–H groups in total. The lowest BCUT2D eigenvalue weighted by atomic mass is 10.1. The number of nitrogens with zero attached hydrogens (tertiary/aromatic N) is 2. The third kappa shape index (κ3) is 4.94. The molecule has 4 aromatic rings. The molecular formula is C24H20Cl2N4O4S2. The fourth-order valence-corrected chi connectivity index (χ4v) is 6.81. The van der Waals surface area contributed by atoms with Crippen molar-refractivity contribution in [1.82, 2.24) is 9.29 Å². The second-order valence-corrected chi connectivity index (χ2v) is 12.3. The Labute approximate surface area is 221 Å². The van der Waals surface area contributed by atoms with Crippen molar-refractivity contribution in [2.24, 2.45) is 0 Å². The number of thiophene rings is 1. The fraction of sp³-hybridized carbons (Fsp3) is 0.167. The number of pyridine rings is 1. The average Bonchev–Trinajstić information content (AvgIpc) is 3.52. The van der Waals surface area contributed by atoms with Crippen LogP contribution >= 0.6 is 34.5 Å². The number of hydrogen-bond acceptors (Lipinski definition) is 6. The van der Waals surface area contributed by atoms with Gasteiger partial charge in [0.25, 0.3) is 15.6 Å². The second-order valence-electron chi connectivity index (χ2n) is 8.24. The largest absolute Gasteiger partial charge is 0.372 e. The molecule has 1 fully saturated rings. The van der Waals surface area contributed by atoms with E-state index in [-0.39, 0.29) is 24.8 Å². The topological polar surface area (TPSA) is 101 Å². The first-order valence-corrected chi connectivity index (χ1v) is 14.1. The molecule has 2 aromatic heterocycles. The number of hydrogen-bond donors (Lipinski definition) is 2. The summed E-state index contributed by atoms with van der Waals surface area (Å²) in [5.74, 6) is 0. The first-order valence-electron chi connectivity index (χ1n) is 11.0. The van der Waals surface area contributed by atoms with E-state index in [0.717, 1.165) is 35.5 Å². The molecule has 36 heavy (non-hydrogen) atoms. The molecule has 5 rings (SSSR count). The first kappa shape index (κ1) is 24.6. The number of carbonyl (C=O) groups excluding carboxylic acids is 1. The third-order valence-corrected chi connectivity index (χ3v) is 9.22. The van der Waals surface area contributed by atoms with Crippen molar-refractivity contribution < 1.29 is 13.2 Å². The highest BCUT2D eigenvalue weighted by Crippen LogP contribution is 2.28. The van der Waals surface area contributed by atoms with Crippen molar-refractivity contribution in [3.05, 3.63) is 80.5 Å². The summed E-state index contributed by atoms with van der Waals surface area (Å²) in [6.07, 6.45) is 4.01. The van der Waals surface area contributed by atoms with Gasteiger partial charge in [-0.2, -0.15) is 0 Å². The first-order chi connectivity index (χ1) is 17.2. The molecule has 0 saturated carbocycles. The van der Waals surface area contributed by atoms with Crippen LogP contribution in [-0.2, 0) is 10.0 Å². The summed E-state index contributed by atoms with van der Waals surface area (Å²) in [4.78, 5) is 27.8. The van der Waals surface area contributed by atoms with Gasteiger partial charge in [0.2, 0.25) is 0 Å². The van der Waals surface area contributed by atoms with Crippen LogP contribution in [0.2, 0.25) is 9.36 Å². The van der Waals surface area contributed by atoms with Crippen molar-refractivity contribution in [2.75, 3.05) is 23.3 Å². The highest BCUT2D eigenvalue weighted by atomic mass is 35.5. The maximum Gasteiger partial charge on any atom is 0.333 e. The second kappa shape index (κ2) is 9.78. The Morgan fingerprint density at radius 1 is 0.972 bits per heavy atom. The monoisotopic (exact) mass is 562 g/mol. The lowest BCUT2D eigenvalue weighted by Crippen LogP contribution is -2.33. The summed E-state index contributed by atoms with van der Waals surface area (Å²) in [6.45, 7) is 2.04. The summed E-state index contributed by atoms with van der Waals surface area (Å²) >= 11 is 13.1. The number of sulfonamides is 1. The Morgan fingerprint density at radius 2 is 1.75 bits per heavy atom. The SMILES string of the molecule is O=C(Nc1ccc(-n2ccc3cc(N4CCCC4)ccc3c2=O)c(Cl)c1)NS(=O)(=O)c1ccc(Cl)s1. The van der Waals surface area contributed by atoms with Crippen molar-refractivity contribution in [3.63, 3.8) is 0 Å². The van der Waals surface area contributed by atoms with Gasteiger partial charge in [0, 0.05) is 36.0 Å². The number of anilines is 2. The number of nitrogens with one attached hydrogen (secondary N) is 2. The molecule has 0 radical (unpaired) electrons. The van der Waals surface area contributed by atoms with Gasteiger partial charge in [-0.25, -0.2) is 17.9 Å². The summed E-state index contributed by atoms with van der Waals surface area (Å²) in [7, 11) is -4.06. The molecule has 8 nitrogen and oxygen atoms in total. The Bertz CT molecular complexity index is 1640. The maximum absolute atomic E-state index is 13.2. The lowest BCUT2D eigenvalue weighted by Gasteiger charge is -2.18. The van der Waals surface area contributed by atoms with Crippen LogP contribution in [0.15, 0.2) is 69.8 Å². The number of benzene rings is 2. The van der Waals surface area contributed by atoms with E-state index in [1.54, 1.807) is 12.3 Å². The van der Waals surface area contributed by atoms with E-state index in [1.807, 2.05) is 29.0 Å².